The van der Waals surface area contributed by atoms with Gasteiger partial charge in [-0.3, -0.25) is 0 Å². The molecule has 0 spiro atoms. The number of hydrogen-bond acceptors (Lipinski definition) is 4. The van der Waals surface area contributed by atoms with Crippen LogP contribution in [0.25, 0.3) is 0 Å². The van der Waals surface area contributed by atoms with E-state index in [0.29, 0.717) is 33.0 Å². The molecule has 0 aromatic heterocycles. The summed E-state index contributed by atoms with van der Waals surface area (Å²) >= 11 is 0. The third-order valence-corrected chi connectivity index (χ3v) is 3.76. The van der Waals surface area contributed by atoms with Crippen molar-refractivity contribution in [1.29, 1.82) is 0 Å². The van der Waals surface area contributed by atoms with Gasteiger partial charge in [-0.2, -0.15) is 0 Å². The first-order valence-corrected chi connectivity index (χ1v) is 7.91. The Morgan fingerprint density at radius 2 is 1.71 bits per heavy atom. The first-order valence-electron chi connectivity index (χ1n) is 7.91. The Morgan fingerprint density at radius 3 is 2.57 bits per heavy atom. The van der Waals surface area contributed by atoms with Gasteiger partial charge in [-0.1, -0.05) is 12.1 Å². The summed E-state index contributed by atoms with van der Waals surface area (Å²) in [5.74, 6) is 0. The van der Waals surface area contributed by atoms with Crippen molar-refractivity contribution in [3.63, 3.8) is 0 Å². The number of aryl methyl sites for hydroxylation is 1. The third kappa shape index (κ3) is 5.65. The second kappa shape index (κ2) is 9.77. The topological polar surface area (TPSA) is 39.7 Å². The molecule has 1 aliphatic rings. The molecule has 1 aromatic carbocycles. The highest BCUT2D eigenvalue weighted by atomic mass is 16.5. The van der Waals surface area contributed by atoms with Gasteiger partial charge in [-0.05, 0) is 42.9 Å². The molecule has 0 saturated carbocycles. The summed E-state index contributed by atoms with van der Waals surface area (Å²) in [5.41, 5.74) is 4.30. The minimum Gasteiger partial charge on any atom is -0.382 e. The van der Waals surface area contributed by atoms with Crippen LogP contribution < -0.4 is 5.32 Å². The number of fused-ring (bicyclic) bond motifs is 1. The van der Waals surface area contributed by atoms with Crippen LogP contribution in [0.5, 0.6) is 0 Å². The largest absolute Gasteiger partial charge is 0.382 e. The molecule has 1 aromatic rings. The van der Waals surface area contributed by atoms with E-state index < -0.39 is 0 Å². The van der Waals surface area contributed by atoms with Crippen LogP contribution >= 0.6 is 0 Å². The van der Waals surface area contributed by atoms with Gasteiger partial charge in [0.1, 0.15) is 0 Å². The van der Waals surface area contributed by atoms with Crippen LogP contribution in [0.4, 0.5) is 5.69 Å². The van der Waals surface area contributed by atoms with Gasteiger partial charge in [0, 0.05) is 19.3 Å². The van der Waals surface area contributed by atoms with Gasteiger partial charge in [0.2, 0.25) is 0 Å². The fraction of sp³-hybridized carbons (Fsp3) is 0.647. The minimum atomic E-state index is 0.629. The standard InChI is InChI=1S/C17H27NO3/c1-19-11-12-21-14-13-20-10-9-18-17-8-4-6-15-5-2-3-7-16(15)17/h4,6,8,18H,2-3,5,7,9-14H2,1H3. The van der Waals surface area contributed by atoms with E-state index in [0.717, 1.165) is 6.54 Å². The number of ether oxygens (including phenoxy) is 3. The molecule has 0 heterocycles. The lowest BCUT2D eigenvalue weighted by Crippen LogP contribution is -2.15. The van der Waals surface area contributed by atoms with Crippen LogP contribution in [0, 0.1) is 0 Å². The molecular formula is C17H27NO3. The zero-order valence-corrected chi connectivity index (χ0v) is 13.0. The van der Waals surface area contributed by atoms with E-state index in [1.807, 2.05) is 0 Å². The average molecular weight is 293 g/mol. The lowest BCUT2D eigenvalue weighted by molar-refractivity contribution is 0.0272. The molecule has 21 heavy (non-hydrogen) atoms. The van der Waals surface area contributed by atoms with Gasteiger partial charge in [0.05, 0.1) is 33.0 Å². The molecule has 118 valence electrons. The van der Waals surface area contributed by atoms with Crippen molar-refractivity contribution in [2.24, 2.45) is 0 Å². The highest BCUT2D eigenvalue weighted by Gasteiger charge is 2.12. The summed E-state index contributed by atoms with van der Waals surface area (Å²) in [6, 6.07) is 6.59. The molecular weight excluding hydrogens is 266 g/mol. The summed E-state index contributed by atoms with van der Waals surface area (Å²) in [4.78, 5) is 0. The van der Waals surface area contributed by atoms with Crippen molar-refractivity contribution in [1.82, 2.24) is 0 Å². The van der Waals surface area contributed by atoms with Crippen LogP contribution in [0.15, 0.2) is 18.2 Å². The number of rotatable bonds is 10. The normalized spacial score (nSPS) is 14.0. The summed E-state index contributed by atoms with van der Waals surface area (Å²) in [6.07, 6.45) is 5.05. The molecule has 0 radical (unpaired) electrons. The molecule has 0 saturated heterocycles. The molecule has 0 bridgehead atoms. The van der Waals surface area contributed by atoms with Gasteiger partial charge in [-0.25, -0.2) is 0 Å². The maximum absolute atomic E-state index is 5.55. The van der Waals surface area contributed by atoms with E-state index in [2.05, 4.69) is 23.5 Å². The molecule has 0 aliphatic heterocycles. The first-order chi connectivity index (χ1) is 10.4. The van der Waals surface area contributed by atoms with E-state index in [-0.39, 0.29) is 0 Å². The smallest absolute Gasteiger partial charge is 0.0701 e. The lowest BCUT2D eigenvalue weighted by atomic mass is 9.90. The Morgan fingerprint density at radius 1 is 0.952 bits per heavy atom. The number of hydrogen-bond donors (Lipinski definition) is 1. The van der Waals surface area contributed by atoms with Gasteiger partial charge in [-0.15, -0.1) is 0 Å². The zero-order chi connectivity index (χ0) is 14.8. The summed E-state index contributed by atoms with van der Waals surface area (Å²) in [5, 5.41) is 3.50. The Labute approximate surface area is 127 Å². The van der Waals surface area contributed by atoms with Crippen molar-refractivity contribution in [3.8, 4) is 0 Å². The molecule has 0 unspecified atom stereocenters. The summed E-state index contributed by atoms with van der Waals surface area (Å²) < 4.78 is 15.8. The van der Waals surface area contributed by atoms with Crippen LogP contribution in [-0.2, 0) is 27.1 Å². The average Bonchev–Trinajstić information content (AvgIpc) is 2.53. The van der Waals surface area contributed by atoms with Crippen molar-refractivity contribution in [3.05, 3.63) is 29.3 Å². The number of anilines is 1. The van der Waals surface area contributed by atoms with E-state index in [4.69, 9.17) is 14.2 Å². The van der Waals surface area contributed by atoms with Crippen molar-refractivity contribution in [2.75, 3.05) is 52.0 Å². The number of nitrogens with one attached hydrogen (secondary N) is 1. The Kier molecular flexibility index (Phi) is 7.57. The zero-order valence-electron chi connectivity index (χ0n) is 13.0. The third-order valence-electron chi connectivity index (χ3n) is 3.76. The maximum Gasteiger partial charge on any atom is 0.0701 e. The van der Waals surface area contributed by atoms with E-state index in [1.165, 1.54) is 42.5 Å². The van der Waals surface area contributed by atoms with E-state index >= 15 is 0 Å². The van der Waals surface area contributed by atoms with Crippen molar-refractivity contribution in [2.45, 2.75) is 25.7 Å². The van der Waals surface area contributed by atoms with Crippen LogP contribution in [0.2, 0.25) is 0 Å². The second-order valence-electron chi connectivity index (χ2n) is 5.29. The number of benzene rings is 1. The highest BCUT2D eigenvalue weighted by molar-refractivity contribution is 5.55. The van der Waals surface area contributed by atoms with E-state index in [1.54, 1.807) is 7.11 Å². The molecule has 1 aliphatic carbocycles. The van der Waals surface area contributed by atoms with Crippen LogP contribution in [0.1, 0.15) is 24.0 Å². The minimum absolute atomic E-state index is 0.629. The quantitative estimate of drug-likeness (QED) is 0.673. The predicted molar refractivity (Wildman–Crippen MR) is 85.1 cm³/mol. The van der Waals surface area contributed by atoms with Gasteiger partial charge >= 0.3 is 0 Å². The Bertz CT molecular complexity index is 409. The summed E-state index contributed by atoms with van der Waals surface area (Å²) in [7, 11) is 1.67. The Hall–Kier alpha value is -1.10. The van der Waals surface area contributed by atoms with Crippen molar-refractivity contribution < 1.29 is 14.2 Å². The molecule has 2 rings (SSSR count). The fourth-order valence-electron chi connectivity index (χ4n) is 2.67. The monoisotopic (exact) mass is 293 g/mol. The van der Waals surface area contributed by atoms with Crippen LogP contribution in [-0.4, -0.2) is 46.7 Å². The summed E-state index contributed by atoms with van der Waals surface area (Å²) in [6.45, 7) is 4.09. The fourth-order valence-corrected chi connectivity index (χ4v) is 2.67. The molecule has 0 atom stereocenters. The second-order valence-corrected chi connectivity index (χ2v) is 5.29. The maximum atomic E-state index is 5.55. The highest BCUT2D eigenvalue weighted by Crippen LogP contribution is 2.27. The molecule has 1 N–H and O–H groups in total. The number of methoxy groups -OCH3 is 1. The van der Waals surface area contributed by atoms with Gasteiger partial charge in [0.25, 0.3) is 0 Å². The van der Waals surface area contributed by atoms with Gasteiger partial charge < -0.3 is 19.5 Å². The molecule has 4 heteroatoms. The molecule has 0 amide bonds. The molecule has 4 nitrogen and oxygen atoms in total. The van der Waals surface area contributed by atoms with Crippen molar-refractivity contribution >= 4 is 5.69 Å². The van der Waals surface area contributed by atoms with Crippen LogP contribution in [0.3, 0.4) is 0 Å². The SMILES string of the molecule is COCCOCCOCCNc1cccc2c1CCCC2. The predicted octanol–water partition coefficient (Wildman–Crippen LogP) is 2.66. The Balaban J connectivity index is 1.59. The lowest BCUT2D eigenvalue weighted by Gasteiger charge is -2.20. The molecule has 0 fully saturated rings. The van der Waals surface area contributed by atoms with Gasteiger partial charge in [0.15, 0.2) is 0 Å². The van der Waals surface area contributed by atoms with E-state index in [9.17, 15) is 0 Å². The first kappa shape index (κ1) is 16.3.